The Morgan fingerprint density at radius 3 is 2.33 bits per heavy atom. The summed E-state index contributed by atoms with van der Waals surface area (Å²) in [5.41, 5.74) is 2.68. The van der Waals surface area contributed by atoms with Gasteiger partial charge in [-0.25, -0.2) is 12.4 Å². The predicted octanol–water partition coefficient (Wildman–Crippen LogP) is 4.47. The van der Waals surface area contributed by atoms with E-state index in [9.17, 15) is 8.42 Å². The van der Waals surface area contributed by atoms with Crippen LogP contribution in [0.1, 0.15) is 5.56 Å². The standard InChI is InChI=1S/C20H12ClN3O2S/c21-16-5-7-17(8-6-16)27(25,26)24-10-9-18-19(12-23-13-20(18)24)15-3-1-14(11-22)2-4-15/h1-10,12-13H. The molecule has 0 atom stereocenters. The lowest BCUT2D eigenvalue weighted by Gasteiger charge is -2.09. The van der Waals surface area contributed by atoms with Gasteiger partial charge in [0.2, 0.25) is 0 Å². The van der Waals surface area contributed by atoms with Crippen molar-refractivity contribution < 1.29 is 8.42 Å². The summed E-state index contributed by atoms with van der Waals surface area (Å²) in [7, 11) is -3.77. The first-order valence-corrected chi connectivity index (χ1v) is 9.79. The molecule has 0 radical (unpaired) electrons. The monoisotopic (exact) mass is 393 g/mol. The van der Waals surface area contributed by atoms with E-state index in [1.807, 2.05) is 12.1 Å². The van der Waals surface area contributed by atoms with Crippen molar-refractivity contribution >= 4 is 32.5 Å². The van der Waals surface area contributed by atoms with Gasteiger partial charge in [0.05, 0.1) is 28.2 Å². The Hall–Kier alpha value is -3.14. The Kier molecular flexibility index (Phi) is 4.19. The Balaban J connectivity index is 1.87. The van der Waals surface area contributed by atoms with Crippen LogP contribution in [-0.4, -0.2) is 17.4 Å². The molecule has 0 amide bonds. The molecule has 0 N–H and O–H groups in total. The molecule has 0 unspecified atom stereocenters. The van der Waals surface area contributed by atoms with Gasteiger partial charge in [0.25, 0.3) is 10.0 Å². The molecular weight excluding hydrogens is 382 g/mol. The van der Waals surface area contributed by atoms with Gasteiger partial charge in [0.1, 0.15) is 0 Å². The van der Waals surface area contributed by atoms with Crippen LogP contribution in [0.2, 0.25) is 5.02 Å². The zero-order chi connectivity index (χ0) is 19.0. The third-order valence-electron chi connectivity index (χ3n) is 4.28. The molecule has 27 heavy (non-hydrogen) atoms. The predicted molar refractivity (Wildman–Crippen MR) is 104 cm³/mol. The maximum Gasteiger partial charge on any atom is 0.268 e. The van der Waals surface area contributed by atoms with Crippen molar-refractivity contribution in [2.45, 2.75) is 4.90 Å². The lowest BCUT2D eigenvalue weighted by molar-refractivity contribution is 0.589. The Bertz CT molecular complexity index is 1290. The first kappa shape index (κ1) is 17.3. The van der Waals surface area contributed by atoms with Crippen molar-refractivity contribution in [1.82, 2.24) is 8.96 Å². The first-order chi connectivity index (χ1) is 13.0. The molecule has 4 rings (SSSR count). The summed E-state index contributed by atoms with van der Waals surface area (Å²) in [6.07, 6.45) is 4.72. The summed E-state index contributed by atoms with van der Waals surface area (Å²) in [5, 5.41) is 10.2. The highest BCUT2D eigenvalue weighted by Gasteiger charge is 2.20. The second-order valence-corrected chi connectivity index (χ2v) is 8.13. The number of rotatable bonds is 3. The van der Waals surface area contributed by atoms with Crippen LogP contribution in [0.4, 0.5) is 0 Å². The molecule has 2 heterocycles. The molecule has 0 bridgehead atoms. The molecule has 0 saturated heterocycles. The number of benzene rings is 2. The lowest BCUT2D eigenvalue weighted by atomic mass is 10.0. The van der Waals surface area contributed by atoms with Crippen LogP contribution in [-0.2, 0) is 10.0 Å². The second-order valence-electron chi connectivity index (χ2n) is 5.88. The summed E-state index contributed by atoms with van der Waals surface area (Å²) >= 11 is 5.86. The van der Waals surface area contributed by atoms with Gasteiger partial charge in [0.15, 0.2) is 0 Å². The maximum atomic E-state index is 13.0. The normalized spacial score (nSPS) is 11.4. The third-order valence-corrected chi connectivity index (χ3v) is 6.23. The van der Waals surface area contributed by atoms with E-state index in [0.717, 1.165) is 16.5 Å². The number of aromatic nitrogens is 2. The van der Waals surface area contributed by atoms with Gasteiger partial charge in [-0.1, -0.05) is 23.7 Å². The highest BCUT2D eigenvalue weighted by molar-refractivity contribution is 7.90. The van der Waals surface area contributed by atoms with Crippen molar-refractivity contribution in [1.29, 1.82) is 5.26 Å². The molecule has 0 spiro atoms. The zero-order valence-electron chi connectivity index (χ0n) is 13.9. The Morgan fingerprint density at radius 2 is 1.67 bits per heavy atom. The molecule has 0 aliphatic carbocycles. The fourth-order valence-electron chi connectivity index (χ4n) is 2.92. The van der Waals surface area contributed by atoms with Crippen molar-refractivity contribution in [2.24, 2.45) is 0 Å². The molecule has 4 aromatic rings. The number of pyridine rings is 1. The Labute approximate surface area is 161 Å². The van der Waals surface area contributed by atoms with E-state index in [-0.39, 0.29) is 4.90 Å². The SMILES string of the molecule is N#Cc1ccc(-c2cncc3c2ccn3S(=O)(=O)c2ccc(Cl)cc2)cc1. The third kappa shape index (κ3) is 2.97. The van der Waals surface area contributed by atoms with Crippen molar-refractivity contribution in [3.63, 3.8) is 0 Å². The first-order valence-electron chi connectivity index (χ1n) is 7.97. The topological polar surface area (TPSA) is 75.8 Å². The van der Waals surface area contributed by atoms with Crippen LogP contribution >= 0.6 is 11.6 Å². The molecular formula is C20H12ClN3O2S. The minimum absolute atomic E-state index is 0.146. The number of halogens is 1. The molecule has 0 aliphatic heterocycles. The summed E-state index contributed by atoms with van der Waals surface area (Å²) in [6.45, 7) is 0. The van der Waals surface area contributed by atoms with Gasteiger partial charge in [-0.3, -0.25) is 4.98 Å². The summed E-state index contributed by atoms with van der Waals surface area (Å²) in [6, 6.07) is 16.9. The molecule has 0 aliphatic rings. The number of fused-ring (bicyclic) bond motifs is 1. The van der Waals surface area contributed by atoms with Crippen LogP contribution in [0.5, 0.6) is 0 Å². The second kappa shape index (κ2) is 6.54. The largest absolute Gasteiger partial charge is 0.268 e. The molecule has 2 aromatic carbocycles. The van der Waals surface area contributed by atoms with Crippen LogP contribution in [0.15, 0.2) is 78.1 Å². The number of hydrogen-bond acceptors (Lipinski definition) is 4. The average Bonchev–Trinajstić information content (AvgIpc) is 3.13. The van der Waals surface area contributed by atoms with E-state index in [1.165, 1.54) is 28.5 Å². The highest BCUT2D eigenvalue weighted by atomic mass is 35.5. The molecule has 0 saturated carbocycles. The summed E-state index contributed by atoms with van der Waals surface area (Å²) in [5.74, 6) is 0. The van der Waals surface area contributed by atoms with E-state index in [2.05, 4.69) is 11.1 Å². The van der Waals surface area contributed by atoms with E-state index in [0.29, 0.717) is 16.1 Å². The van der Waals surface area contributed by atoms with Crippen molar-refractivity contribution in [3.05, 3.63) is 83.8 Å². The summed E-state index contributed by atoms with van der Waals surface area (Å²) < 4.78 is 27.2. The maximum absolute atomic E-state index is 13.0. The number of nitrogens with zero attached hydrogens (tertiary/aromatic N) is 3. The van der Waals surface area contributed by atoms with Gasteiger partial charge < -0.3 is 0 Å². The van der Waals surface area contributed by atoms with E-state index in [4.69, 9.17) is 16.9 Å². The minimum Gasteiger partial charge on any atom is -0.262 e. The van der Waals surface area contributed by atoms with Crippen LogP contribution in [0.3, 0.4) is 0 Å². The number of hydrogen-bond donors (Lipinski definition) is 0. The average molecular weight is 394 g/mol. The molecule has 132 valence electrons. The van der Waals surface area contributed by atoms with Gasteiger partial charge in [-0.15, -0.1) is 0 Å². The van der Waals surface area contributed by atoms with Crippen molar-refractivity contribution in [2.75, 3.05) is 0 Å². The van der Waals surface area contributed by atoms with E-state index in [1.54, 1.807) is 36.5 Å². The lowest BCUT2D eigenvalue weighted by Crippen LogP contribution is -2.11. The van der Waals surface area contributed by atoms with E-state index < -0.39 is 10.0 Å². The molecule has 5 nitrogen and oxygen atoms in total. The van der Waals surface area contributed by atoms with Gasteiger partial charge in [-0.2, -0.15) is 5.26 Å². The Morgan fingerprint density at radius 1 is 0.963 bits per heavy atom. The van der Waals surface area contributed by atoms with Crippen LogP contribution in [0.25, 0.3) is 22.0 Å². The van der Waals surface area contributed by atoms with Gasteiger partial charge >= 0.3 is 0 Å². The zero-order valence-corrected chi connectivity index (χ0v) is 15.4. The fourth-order valence-corrected chi connectivity index (χ4v) is 4.38. The fraction of sp³-hybridized carbons (Fsp3) is 0. The van der Waals surface area contributed by atoms with Crippen molar-refractivity contribution in [3.8, 4) is 17.2 Å². The van der Waals surface area contributed by atoms with Crippen LogP contribution < -0.4 is 0 Å². The highest BCUT2D eigenvalue weighted by Crippen LogP contribution is 2.30. The molecule has 7 heteroatoms. The van der Waals surface area contributed by atoms with Gasteiger partial charge in [0, 0.05) is 28.4 Å². The number of nitriles is 1. The van der Waals surface area contributed by atoms with Crippen LogP contribution in [0, 0.1) is 11.3 Å². The smallest absolute Gasteiger partial charge is 0.262 e. The molecule has 2 aromatic heterocycles. The van der Waals surface area contributed by atoms with Gasteiger partial charge in [-0.05, 0) is 48.0 Å². The van der Waals surface area contributed by atoms with E-state index >= 15 is 0 Å². The summed E-state index contributed by atoms with van der Waals surface area (Å²) in [4.78, 5) is 4.36. The quantitative estimate of drug-likeness (QED) is 0.514. The molecule has 0 fully saturated rings. The minimum atomic E-state index is -3.77.